The molecule has 1 amide bonds. The van der Waals surface area contributed by atoms with Crippen LogP contribution in [0.5, 0.6) is 5.75 Å². The number of rotatable bonds is 4. The summed E-state index contributed by atoms with van der Waals surface area (Å²) in [5.41, 5.74) is 0.442. The zero-order valence-corrected chi connectivity index (χ0v) is 14.8. The van der Waals surface area contributed by atoms with Crippen LogP contribution in [0.4, 0.5) is 5.95 Å². The van der Waals surface area contributed by atoms with E-state index in [-0.39, 0.29) is 18.3 Å². The van der Waals surface area contributed by atoms with Crippen molar-refractivity contribution in [1.82, 2.24) is 19.6 Å². The molecule has 1 atom stereocenters. The Morgan fingerprint density at radius 3 is 2.74 bits per heavy atom. The van der Waals surface area contributed by atoms with Gasteiger partial charge in [0.15, 0.2) is 5.60 Å². The maximum atomic E-state index is 12.5. The highest BCUT2D eigenvalue weighted by Crippen LogP contribution is 2.27. The van der Waals surface area contributed by atoms with Gasteiger partial charge in [-0.2, -0.15) is 9.50 Å². The summed E-state index contributed by atoms with van der Waals surface area (Å²) in [4.78, 5) is 32.2. The van der Waals surface area contributed by atoms with Crippen molar-refractivity contribution in [2.24, 2.45) is 0 Å². The van der Waals surface area contributed by atoms with E-state index in [2.05, 4.69) is 20.4 Å². The first-order valence-electron chi connectivity index (χ1n) is 8.38. The number of amides is 1. The van der Waals surface area contributed by atoms with E-state index in [0.29, 0.717) is 12.2 Å². The predicted octanol–water partition coefficient (Wildman–Crippen LogP) is 1.83. The van der Waals surface area contributed by atoms with Crippen molar-refractivity contribution < 1.29 is 19.1 Å². The van der Waals surface area contributed by atoms with Crippen LogP contribution >= 0.6 is 0 Å². The molecular formula is C18H17N5O4. The number of hydrogen-bond donors (Lipinski definition) is 1. The highest BCUT2D eigenvalue weighted by molar-refractivity contribution is 5.98. The molecule has 4 rings (SSSR count). The molecule has 1 aliphatic rings. The van der Waals surface area contributed by atoms with Gasteiger partial charge >= 0.3 is 5.97 Å². The molecule has 9 nitrogen and oxygen atoms in total. The fourth-order valence-electron chi connectivity index (χ4n) is 2.91. The van der Waals surface area contributed by atoms with Crippen LogP contribution in [0.25, 0.3) is 17.0 Å². The van der Waals surface area contributed by atoms with Crippen molar-refractivity contribution in [2.45, 2.75) is 25.4 Å². The highest BCUT2D eigenvalue weighted by Gasteiger charge is 2.43. The van der Waals surface area contributed by atoms with Crippen molar-refractivity contribution in [1.29, 1.82) is 0 Å². The second-order valence-electron chi connectivity index (χ2n) is 6.36. The van der Waals surface area contributed by atoms with E-state index >= 15 is 0 Å². The maximum absolute atomic E-state index is 12.5. The van der Waals surface area contributed by atoms with Gasteiger partial charge in [0.25, 0.3) is 17.6 Å². The molecule has 0 radical (unpaired) electrons. The SMILES string of the molecule is COc1ccc(-c2ccnc3nc(NC(=O)C4(C)CCC(=O)O4)nn23)cc1. The lowest BCUT2D eigenvalue weighted by Gasteiger charge is -2.19. The Morgan fingerprint density at radius 2 is 2.07 bits per heavy atom. The standard InChI is InChI=1S/C18H17N5O4/c1-18(9-7-14(24)27-18)15(25)20-16-21-17-19-10-8-13(23(17)22-16)11-3-5-12(26-2)6-4-11/h3-6,8,10H,7,9H2,1-2H3,(H,20,22,25). The van der Waals surface area contributed by atoms with Crippen molar-refractivity contribution in [3.05, 3.63) is 36.5 Å². The van der Waals surface area contributed by atoms with Crippen molar-refractivity contribution in [3.63, 3.8) is 0 Å². The Labute approximate surface area is 154 Å². The molecule has 3 heterocycles. The molecule has 1 aliphatic heterocycles. The molecule has 2 aromatic heterocycles. The minimum absolute atomic E-state index is 0.0950. The second-order valence-corrected chi connectivity index (χ2v) is 6.36. The summed E-state index contributed by atoms with van der Waals surface area (Å²) in [7, 11) is 1.61. The monoisotopic (exact) mass is 367 g/mol. The number of nitrogens with one attached hydrogen (secondary N) is 1. The van der Waals surface area contributed by atoms with Crippen LogP contribution in [-0.4, -0.2) is 44.2 Å². The first-order chi connectivity index (χ1) is 13.0. The lowest BCUT2D eigenvalue weighted by Crippen LogP contribution is -2.40. The number of aromatic nitrogens is 4. The molecule has 138 valence electrons. The third-order valence-electron chi connectivity index (χ3n) is 4.48. The van der Waals surface area contributed by atoms with Crippen LogP contribution in [0.3, 0.4) is 0 Å². The van der Waals surface area contributed by atoms with E-state index in [1.807, 2.05) is 24.3 Å². The number of fused-ring (bicyclic) bond motifs is 1. The van der Waals surface area contributed by atoms with Crippen molar-refractivity contribution in [2.75, 3.05) is 12.4 Å². The van der Waals surface area contributed by atoms with Crippen molar-refractivity contribution in [3.8, 4) is 17.0 Å². The molecule has 27 heavy (non-hydrogen) atoms. The number of esters is 1. The van der Waals surface area contributed by atoms with Gasteiger partial charge in [-0.25, -0.2) is 4.98 Å². The molecule has 1 fully saturated rings. The third-order valence-corrected chi connectivity index (χ3v) is 4.48. The van der Waals surface area contributed by atoms with Crippen LogP contribution < -0.4 is 10.1 Å². The summed E-state index contributed by atoms with van der Waals surface area (Å²) in [6.07, 6.45) is 2.15. The first-order valence-corrected chi connectivity index (χ1v) is 8.38. The number of nitrogens with zero attached hydrogens (tertiary/aromatic N) is 4. The minimum Gasteiger partial charge on any atom is -0.497 e. The van der Waals surface area contributed by atoms with Gasteiger partial charge in [0.05, 0.1) is 12.8 Å². The summed E-state index contributed by atoms with van der Waals surface area (Å²) in [5.74, 6) is 0.328. The molecule has 0 saturated carbocycles. The number of benzene rings is 1. The number of carbonyl (C=O) groups is 2. The van der Waals surface area contributed by atoms with E-state index in [1.54, 1.807) is 30.8 Å². The number of carbonyl (C=O) groups excluding carboxylic acids is 2. The van der Waals surface area contributed by atoms with E-state index in [0.717, 1.165) is 17.0 Å². The number of anilines is 1. The average molecular weight is 367 g/mol. The lowest BCUT2D eigenvalue weighted by atomic mass is 10.0. The Balaban J connectivity index is 1.64. The van der Waals surface area contributed by atoms with E-state index in [1.165, 1.54) is 0 Å². The minimum atomic E-state index is -1.21. The van der Waals surface area contributed by atoms with Crippen LogP contribution in [0.2, 0.25) is 0 Å². The zero-order chi connectivity index (χ0) is 19.0. The average Bonchev–Trinajstić information content (AvgIpc) is 3.24. The van der Waals surface area contributed by atoms with Gasteiger partial charge in [0.2, 0.25) is 0 Å². The smallest absolute Gasteiger partial charge is 0.307 e. The van der Waals surface area contributed by atoms with E-state index in [9.17, 15) is 9.59 Å². The molecule has 9 heteroatoms. The van der Waals surface area contributed by atoms with Gasteiger partial charge in [-0.05, 0) is 37.3 Å². The van der Waals surface area contributed by atoms with E-state index < -0.39 is 11.5 Å². The summed E-state index contributed by atoms with van der Waals surface area (Å²) >= 11 is 0. The molecule has 1 unspecified atom stereocenters. The zero-order valence-electron chi connectivity index (χ0n) is 14.8. The van der Waals surface area contributed by atoms with Crippen LogP contribution in [-0.2, 0) is 14.3 Å². The molecule has 0 spiro atoms. The summed E-state index contributed by atoms with van der Waals surface area (Å²) in [5, 5.41) is 6.94. The third kappa shape index (κ3) is 3.07. The molecule has 1 saturated heterocycles. The Hall–Kier alpha value is -3.49. The number of methoxy groups -OCH3 is 1. The van der Waals surface area contributed by atoms with Gasteiger partial charge in [-0.1, -0.05) is 0 Å². The maximum Gasteiger partial charge on any atom is 0.307 e. The number of cyclic esters (lactones) is 1. The summed E-state index contributed by atoms with van der Waals surface area (Å²) in [6, 6.07) is 9.28. The predicted molar refractivity (Wildman–Crippen MR) is 95.1 cm³/mol. The first kappa shape index (κ1) is 17.0. The molecular weight excluding hydrogens is 350 g/mol. The fourth-order valence-corrected chi connectivity index (χ4v) is 2.91. The quantitative estimate of drug-likeness (QED) is 0.701. The number of hydrogen-bond acceptors (Lipinski definition) is 7. The largest absolute Gasteiger partial charge is 0.497 e. The second kappa shape index (κ2) is 6.35. The summed E-state index contributed by atoms with van der Waals surface area (Å²) < 4.78 is 11.8. The normalized spacial score (nSPS) is 19.1. The van der Waals surface area contributed by atoms with Crippen LogP contribution in [0, 0.1) is 0 Å². The highest BCUT2D eigenvalue weighted by atomic mass is 16.6. The van der Waals surface area contributed by atoms with Gasteiger partial charge in [0.1, 0.15) is 5.75 Å². The van der Waals surface area contributed by atoms with Gasteiger partial charge in [0, 0.05) is 24.6 Å². The molecule has 3 aromatic rings. The Bertz CT molecular complexity index is 1030. The molecule has 0 bridgehead atoms. The summed E-state index contributed by atoms with van der Waals surface area (Å²) in [6.45, 7) is 1.57. The van der Waals surface area contributed by atoms with Crippen LogP contribution in [0.1, 0.15) is 19.8 Å². The molecule has 1 aromatic carbocycles. The van der Waals surface area contributed by atoms with Crippen molar-refractivity contribution >= 4 is 23.6 Å². The van der Waals surface area contributed by atoms with Crippen LogP contribution in [0.15, 0.2) is 36.5 Å². The van der Waals surface area contributed by atoms with Gasteiger partial charge in [-0.3, -0.25) is 14.9 Å². The van der Waals surface area contributed by atoms with E-state index in [4.69, 9.17) is 9.47 Å². The van der Waals surface area contributed by atoms with Gasteiger partial charge < -0.3 is 9.47 Å². The fraction of sp³-hybridized carbons (Fsp3) is 0.278. The molecule has 0 aliphatic carbocycles. The van der Waals surface area contributed by atoms with Gasteiger partial charge in [-0.15, -0.1) is 5.10 Å². The lowest BCUT2D eigenvalue weighted by molar-refractivity contribution is -0.154. The Morgan fingerprint density at radius 1 is 1.30 bits per heavy atom. The number of ether oxygens (including phenoxy) is 2. The topological polar surface area (TPSA) is 108 Å². The Kier molecular flexibility index (Phi) is 3.98. The molecule has 1 N–H and O–H groups in total.